The van der Waals surface area contributed by atoms with Gasteiger partial charge in [-0.2, -0.15) is 5.10 Å². The van der Waals surface area contributed by atoms with Crippen molar-refractivity contribution in [2.24, 2.45) is 12.8 Å². The Morgan fingerprint density at radius 1 is 1.29 bits per heavy atom. The molecule has 112 valence electrons. The molecule has 0 unspecified atom stereocenters. The SMILES string of the molecule is COc1ccc(Nc2c(C(N)=S)c(C)nn2C)cc1OC. The van der Waals surface area contributed by atoms with Gasteiger partial charge in [-0.15, -0.1) is 0 Å². The van der Waals surface area contributed by atoms with Crippen molar-refractivity contribution < 1.29 is 9.47 Å². The first-order chi connectivity index (χ1) is 9.97. The Morgan fingerprint density at radius 3 is 2.52 bits per heavy atom. The molecule has 0 bridgehead atoms. The predicted octanol–water partition coefficient (Wildman–Crippen LogP) is 2.12. The third-order valence-corrected chi connectivity index (χ3v) is 3.32. The molecule has 7 heteroatoms. The minimum absolute atomic E-state index is 0.309. The van der Waals surface area contributed by atoms with E-state index in [9.17, 15) is 0 Å². The summed E-state index contributed by atoms with van der Waals surface area (Å²) in [6.07, 6.45) is 0. The number of rotatable bonds is 5. The number of methoxy groups -OCH3 is 2. The average molecular weight is 306 g/mol. The summed E-state index contributed by atoms with van der Waals surface area (Å²) < 4.78 is 12.2. The molecule has 0 saturated carbocycles. The fourth-order valence-corrected chi connectivity index (χ4v) is 2.39. The maximum Gasteiger partial charge on any atom is 0.162 e. The molecule has 0 fully saturated rings. The van der Waals surface area contributed by atoms with Crippen LogP contribution in [-0.4, -0.2) is 29.0 Å². The van der Waals surface area contributed by atoms with Gasteiger partial charge in [-0.1, -0.05) is 12.2 Å². The fraction of sp³-hybridized carbons (Fsp3) is 0.286. The summed E-state index contributed by atoms with van der Waals surface area (Å²) >= 11 is 5.09. The van der Waals surface area contributed by atoms with Gasteiger partial charge in [-0.3, -0.25) is 4.68 Å². The number of nitrogens with one attached hydrogen (secondary N) is 1. The van der Waals surface area contributed by atoms with Crippen LogP contribution in [-0.2, 0) is 7.05 Å². The van der Waals surface area contributed by atoms with Crippen molar-refractivity contribution in [2.75, 3.05) is 19.5 Å². The van der Waals surface area contributed by atoms with Crippen molar-refractivity contribution in [3.05, 3.63) is 29.5 Å². The van der Waals surface area contributed by atoms with Gasteiger partial charge in [0.05, 0.1) is 25.5 Å². The number of thiocarbonyl (C=S) groups is 1. The summed E-state index contributed by atoms with van der Waals surface area (Å²) in [7, 11) is 5.02. The molecule has 0 atom stereocenters. The largest absolute Gasteiger partial charge is 0.493 e. The van der Waals surface area contributed by atoms with Gasteiger partial charge in [0.2, 0.25) is 0 Å². The van der Waals surface area contributed by atoms with Crippen molar-refractivity contribution >= 4 is 28.7 Å². The number of benzene rings is 1. The van der Waals surface area contributed by atoms with E-state index in [0.717, 1.165) is 22.8 Å². The normalized spacial score (nSPS) is 10.3. The first kappa shape index (κ1) is 15.1. The van der Waals surface area contributed by atoms with Crippen molar-refractivity contribution in [1.29, 1.82) is 0 Å². The topological polar surface area (TPSA) is 74.3 Å². The molecule has 0 aliphatic carbocycles. The molecule has 0 aliphatic rings. The van der Waals surface area contributed by atoms with E-state index in [1.54, 1.807) is 18.9 Å². The van der Waals surface area contributed by atoms with Crippen LogP contribution in [0, 0.1) is 6.92 Å². The Labute approximate surface area is 128 Å². The van der Waals surface area contributed by atoms with E-state index >= 15 is 0 Å². The van der Waals surface area contributed by atoms with Crippen LogP contribution in [0.1, 0.15) is 11.3 Å². The maximum atomic E-state index is 5.78. The van der Waals surface area contributed by atoms with Crippen LogP contribution in [0.2, 0.25) is 0 Å². The first-order valence-electron chi connectivity index (χ1n) is 6.30. The van der Waals surface area contributed by atoms with E-state index < -0.39 is 0 Å². The van der Waals surface area contributed by atoms with Gasteiger partial charge in [0.15, 0.2) is 11.5 Å². The molecule has 0 amide bonds. The lowest BCUT2D eigenvalue weighted by Crippen LogP contribution is -2.13. The highest BCUT2D eigenvalue weighted by atomic mass is 32.1. The Hall–Kier alpha value is -2.28. The number of anilines is 2. The van der Waals surface area contributed by atoms with Gasteiger partial charge in [-0.25, -0.2) is 0 Å². The molecule has 2 aromatic rings. The lowest BCUT2D eigenvalue weighted by atomic mass is 10.2. The molecule has 0 radical (unpaired) electrons. The zero-order valence-electron chi connectivity index (χ0n) is 12.4. The second-order valence-corrected chi connectivity index (χ2v) is 4.93. The standard InChI is InChI=1S/C14H18N4O2S/c1-8-12(13(15)21)14(18(2)17-8)16-9-5-6-10(19-3)11(7-9)20-4/h5-7,16H,1-4H3,(H2,15,21). The van der Waals surface area contributed by atoms with E-state index in [1.807, 2.05) is 32.2 Å². The molecular formula is C14H18N4O2S. The second kappa shape index (κ2) is 6.01. The van der Waals surface area contributed by atoms with E-state index in [2.05, 4.69) is 10.4 Å². The lowest BCUT2D eigenvalue weighted by Gasteiger charge is -2.12. The third-order valence-electron chi connectivity index (χ3n) is 3.11. The van der Waals surface area contributed by atoms with E-state index in [0.29, 0.717) is 16.5 Å². The van der Waals surface area contributed by atoms with Crippen LogP contribution in [0.15, 0.2) is 18.2 Å². The molecule has 1 aromatic carbocycles. The highest BCUT2D eigenvalue weighted by Gasteiger charge is 2.16. The zero-order chi connectivity index (χ0) is 15.6. The number of hydrogen-bond acceptors (Lipinski definition) is 5. The molecule has 6 nitrogen and oxygen atoms in total. The molecule has 21 heavy (non-hydrogen) atoms. The van der Waals surface area contributed by atoms with Crippen LogP contribution in [0.5, 0.6) is 11.5 Å². The highest BCUT2D eigenvalue weighted by molar-refractivity contribution is 7.80. The Kier molecular flexibility index (Phi) is 4.32. The van der Waals surface area contributed by atoms with Gasteiger partial charge in [0, 0.05) is 18.8 Å². The molecule has 1 aromatic heterocycles. The van der Waals surface area contributed by atoms with Crippen molar-refractivity contribution in [2.45, 2.75) is 6.92 Å². The highest BCUT2D eigenvalue weighted by Crippen LogP contribution is 2.32. The number of nitrogens with two attached hydrogens (primary N) is 1. The van der Waals surface area contributed by atoms with Crippen LogP contribution >= 0.6 is 12.2 Å². The van der Waals surface area contributed by atoms with Gasteiger partial charge in [-0.05, 0) is 19.1 Å². The van der Waals surface area contributed by atoms with Crippen LogP contribution in [0.25, 0.3) is 0 Å². The zero-order valence-corrected chi connectivity index (χ0v) is 13.2. The Balaban J connectivity index is 2.41. The monoisotopic (exact) mass is 306 g/mol. The molecule has 3 N–H and O–H groups in total. The van der Waals surface area contributed by atoms with Gasteiger partial charge in [0.25, 0.3) is 0 Å². The van der Waals surface area contributed by atoms with Crippen LogP contribution < -0.4 is 20.5 Å². The van der Waals surface area contributed by atoms with E-state index in [-0.39, 0.29) is 0 Å². The summed E-state index contributed by atoms with van der Waals surface area (Å²) in [4.78, 5) is 0.309. The number of aromatic nitrogens is 2. The van der Waals surface area contributed by atoms with Crippen LogP contribution in [0.3, 0.4) is 0 Å². The first-order valence-corrected chi connectivity index (χ1v) is 6.71. The number of hydrogen-bond donors (Lipinski definition) is 2. The van der Waals surface area contributed by atoms with Crippen molar-refractivity contribution in [3.8, 4) is 11.5 Å². The summed E-state index contributed by atoms with van der Waals surface area (Å²) in [6, 6.07) is 5.54. The quantitative estimate of drug-likeness (QED) is 0.824. The smallest absolute Gasteiger partial charge is 0.162 e. The van der Waals surface area contributed by atoms with Gasteiger partial charge < -0.3 is 20.5 Å². The van der Waals surface area contributed by atoms with Crippen molar-refractivity contribution in [3.63, 3.8) is 0 Å². The molecule has 0 aliphatic heterocycles. The van der Waals surface area contributed by atoms with Gasteiger partial charge in [0.1, 0.15) is 10.8 Å². The minimum Gasteiger partial charge on any atom is -0.493 e. The lowest BCUT2D eigenvalue weighted by molar-refractivity contribution is 0.355. The minimum atomic E-state index is 0.309. The predicted molar refractivity (Wildman–Crippen MR) is 86.7 cm³/mol. The summed E-state index contributed by atoms with van der Waals surface area (Å²) in [6.45, 7) is 1.87. The summed E-state index contributed by atoms with van der Waals surface area (Å²) in [5.74, 6) is 2.05. The Morgan fingerprint density at radius 2 is 1.95 bits per heavy atom. The maximum absolute atomic E-state index is 5.78. The van der Waals surface area contributed by atoms with Gasteiger partial charge >= 0.3 is 0 Å². The number of ether oxygens (including phenoxy) is 2. The number of aryl methyl sites for hydroxylation is 2. The second-order valence-electron chi connectivity index (χ2n) is 4.49. The van der Waals surface area contributed by atoms with Crippen LogP contribution in [0.4, 0.5) is 11.5 Å². The van der Waals surface area contributed by atoms with E-state index in [4.69, 9.17) is 27.4 Å². The average Bonchev–Trinajstić information content (AvgIpc) is 2.73. The molecule has 2 rings (SSSR count). The van der Waals surface area contributed by atoms with E-state index in [1.165, 1.54) is 0 Å². The third kappa shape index (κ3) is 2.92. The molecule has 1 heterocycles. The summed E-state index contributed by atoms with van der Waals surface area (Å²) in [5.41, 5.74) is 8.13. The fourth-order valence-electron chi connectivity index (χ4n) is 2.15. The molecule has 0 saturated heterocycles. The molecular weight excluding hydrogens is 288 g/mol. The van der Waals surface area contributed by atoms with Crippen molar-refractivity contribution in [1.82, 2.24) is 9.78 Å². The molecule has 0 spiro atoms. The Bertz CT molecular complexity index is 682. The number of nitrogens with zero attached hydrogens (tertiary/aromatic N) is 2. The summed E-state index contributed by atoms with van der Waals surface area (Å²) in [5, 5.41) is 7.60.